The Morgan fingerprint density at radius 2 is 2.33 bits per heavy atom. The lowest BCUT2D eigenvalue weighted by atomic mass is 10.4. The van der Waals surface area contributed by atoms with Gasteiger partial charge in [-0.25, -0.2) is 4.98 Å². The highest BCUT2D eigenvalue weighted by atomic mass is 15.1. The van der Waals surface area contributed by atoms with Gasteiger partial charge in [-0.2, -0.15) is 0 Å². The molecule has 0 fully saturated rings. The van der Waals surface area contributed by atoms with Gasteiger partial charge in [-0.1, -0.05) is 6.58 Å². The maximum absolute atomic E-state index is 4.40. The normalized spacial score (nSPS) is 12.4. The van der Waals surface area contributed by atoms with Crippen LogP contribution in [0.2, 0.25) is 0 Å². The number of nitrogens with zero attached hydrogens (tertiary/aromatic N) is 5. The van der Waals surface area contributed by atoms with Crippen molar-refractivity contribution in [3.8, 4) is 0 Å². The fourth-order valence-corrected chi connectivity index (χ4v) is 1.37. The highest BCUT2D eigenvalue weighted by Gasteiger charge is 2.04. The molecule has 1 rings (SSSR count). The first-order valence-corrected chi connectivity index (χ1v) is 5.47. The molecule has 1 aromatic heterocycles. The van der Waals surface area contributed by atoms with E-state index in [0.29, 0.717) is 6.54 Å². The van der Waals surface area contributed by atoms with E-state index in [1.165, 1.54) is 0 Å². The van der Waals surface area contributed by atoms with Crippen LogP contribution in [-0.2, 0) is 6.54 Å². The molecule has 94 valence electrons. The molecule has 0 aliphatic rings. The predicted octanol–water partition coefficient (Wildman–Crippen LogP) is 2.21. The summed E-state index contributed by atoms with van der Waals surface area (Å²) < 4.78 is 1.86. The largest absolute Gasteiger partial charge is 0.302 e. The number of imidazole rings is 1. The third-order valence-electron chi connectivity index (χ3n) is 2.24. The zero-order valence-corrected chi connectivity index (χ0v) is 10.7. The molecule has 0 aliphatic carbocycles. The van der Waals surface area contributed by atoms with Crippen LogP contribution in [0.4, 0.5) is 0 Å². The molecule has 0 radical (unpaired) electrons. The van der Waals surface area contributed by atoms with E-state index in [1.54, 1.807) is 37.9 Å². The fraction of sp³-hybridized carbons (Fsp3) is 0.231. The smallest absolute Gasteiger partial charge is 0.154 e. The number of aliphatic imine (C=N–C) groups is 3. The molecule has 0 unspecified atom stereocenters. The van der Waals surface area contributed by atoms with Crippen LogP contribution in [0.3, 0.4) is 0 Å². The monoisotopic (exact) mass is 243 g/mol. The SMILES string of the molecule is C=Cn1c(C/N=C(C)\C=C/N=C)cnc1/C=N\C. The number of hydrogen-bond acceptors (Lipinski definition) is 4. The van der Waals surface area contributed by atoms with E-state index in [1.807, 2.05) is 11.5 Å². The molecule has 0 spiro atoms. The van der Waals surface area contributed by atoms with Gasteiger partial charge in [0.2, 0.25) is 0 Å². The van der Waals surface area contributed by atoms with Crippen LogP contribution in [0.5, 0.6) is 0 Å². The van der Waals surface area contributed by atoms with Crippen molar-refractivity contribution >= 4 is 24.8 Å². The van der Waals surface area contributed by atoms with Crippen LogP contribution in [0.15, 0.2) is 40.0 Å². The molecule has 0 saturated heterocycles. The Kier molecular flexibility index (Phi) is 5.44. The van der Waals surface area contributed by atoms with E-state index in [9.17, 15) is 0 Å². The summed E-state index contributed by atoms with van der Waals surface area (Å²) in [5.41, 5.74) is 1.84. The molecule has 1 heterocycles. The molecular weight excluding hydrogens is 226 g/mol. The van der Waals surface area contributed by atoms with E-state index in [4.69, 9.17) is 0 Å². The molecule has 0 N–H and O–H groups in total. The summed E-state index contributed by atoms with van der Waals surface area (Å²) in [6.45, 7) is 9.57. The van der Waals surface area contributed by atoms with Crippen molar-refractivity contribution in [1.82, 2.24) is 9.55 Å². The van der Waals surface area contributed by atoms with Gasteiger partial charge in [-0.3, -0.25) is 15.0 Å². The molecule has 0 aromatic carbocycles. The van der Waals surface area contributed by atoms with E-state index in [2.05, 4.69) is 33.3 Å². The molecule has 0 aliphatic heterocycles. The van der Waals surface area contributed by atoms with E-state index >= 15 is 0 Å². The Morgan fingerprint density at radius 1 is 1.56 bits per heavy atom. The summed E-state index contributed by atoms with van der Waals surface area (Å²) in [5, 5.41) is 0. The molecule has 5 nitrogen and oxygen atoms in total. The van der Waals surface area contributed by atoms with Gasteiger partial charge in [-0.15, -0.1) is 0 Å². The van der Waals surface area contributed by atoms with Gasteiger partial charge in [0.25, 0.3) is 0 Å². The quantitative estimate of drug-likeness (QED) is 0.707. The molecule has 0 saturated carbocycles. The Hall–Kier alpha value is -2.30. The van der Waals surface area contributed by atoms with Crippen LogP contribution < -0.4 is 0 Å². The Bertz CT molecular complexity index is 505. The van der Waals surface area contributed by atoms with Crippen molar-refractivity contribution in [3.63, 3.8) is 0 Å². The van der Waals surface area contributed by atoms with Crippen LogP contribution in [0.25, 0.3) is 6.20 Å². The lowest BCUT2D eigenvalue weighted by Gasteiger charge is -2.01. The number of hydrogen-bond donors (Lipinski definition) is 0. The van der Waals surface area contributed by atoms with E-state index < -0.39 is 0 Å². The summed E-state index contributed by atoms with van der Waals surface area (Å²) >= 11 is 0. The Balaban J connectivity index is 2.88. The summed E-state index contributed by atoms with van der Waals surface area (Å²) in [5.74, 6) is 0.749. The van der Waals surface area contributed by atoms with Crippen molar-refractivity contribution in [2.75, 3.05) is 7.05 Å². The minimum Gasteiger partial charge on any atom is -0.302 e. The minimum absolute atomic E-state index is 0.532. The molecule has 0 bridgehead atoms. The zero-order valence-electron chi connectivity index (χ0n) is 10.7. The van der Waals surface area contributed by atoms with Gasteiger partial charge >= 0.3 is 0 Å². The first-order valence-electron chi connectivity index (χ1n) is 5.47. The van der Waals surface area contributed by atoms with Crippen molar-refractivity contribution in [3.05, 3.63) is 36.6 Å². The second kappa shape index (κ2) is 7.11. The van der Waals surface area contributed by atoms with Gasteiger partial charge < -0.3 is 4.57 Å². The lowest BCUT2D eigenvalue weighted by Crippen LogP contribution is -1.99. The Labute approximate surface area is 107 Å². The highest BCUT2D eigenvalue weighted by molar-refractivity contribution is 5.92. The summed E-state index contributed by atoms with van der Waals surface area (Å²) in [4.78, 5) is 16.2. The van der Waals surface area contributed by atoms with Crippen molar-refractivity contribution in [2.24, 2.45) is 15.0 Å². The van der Waals surface area contributed by atoms with Crippen LogP contribution in [-0.4, -0.2) is 35.2 Å². The second-order valence-electron chi connectivity index (χ2n) is 3.50. The molecule has 5 heteroatoms. The lowest BCUT2D eigenvalue weighted by molar-refractivity contribution is 0.940. The average molecular weight is 243 g/mol. The average Bonchev–Trinajstić information content (AvgIpc) is 2.76. The van der Waals surface area contributed by atoms with Crippen LogP contribution in [0.1, 0.15) is 18.4 Å². The second-order valence-corrected chi connectivity index (χ2v) is 3.50. The third kappa shape index (κ3) is 3.62. The first-order chi connectivity index (χ1) is 8.72. The number of allylic oxidation sites excluding steroid dienone is 1. The van der Waals surface area contributed by atoms with E-state index in [-0.39, 0.29) is 0 Å². The number of aromatic nitrogens is 2. The van der Waals surface area contributed by atoms with Crippen LogP contribution in [0, 0.1) is 0 Å². The highest BCUT2D eigenvalue weighted by Crippen LogP contribution is 2.06. The molecule has 0 atom stereocenters. The molecule has 1 aromatic rings. The van der Waals surface area contributed by atoms with Gasteiger partial charge in [0, 0.05) is 25.2 Å². The summed E-state index contributed by atoms with van der Waals surface area (Å²) in [6, 6.07) is 0. The summed E-state index contributed by atoms with van der Waals surface area (Å²) in [6.07, 6.45) is 8.56. The van der Waals surface area contributed by atoms with Crippen molar-refractivity contribution in [2.45, 2.75) is 13.5 Å². The standard InChI is InChI=1S/C13H17N5/c1-5-18-12(9-17-13(18)10-15-4)8-16-11(2)6-7-14-3/h5-7,9-10H,1,3,8H2,2,4H3/b7-6-,15-10-,16-11-. The van der Waals surface area contributed by atoms with Crippen molar-refractivity contribution in [1.29, 1.82) is 0 Å². The van der Waals surface area contributed by atoms with E-state index in [0.717, 1.165) is 17.2 Å². The van der Waals surface area contributed by atoms with Gasteiger partial charge in [0.1, 0.15) is 0 Å². The molecule has 0 amide bonds. The van der Waals surface area contributed by atoms with Crippen LogP contribution >= 0.6 is 0 Å². The van der Waals surface area contributed by atoms with Crippen molar-refractivity contribution < 1.29 is 0 Å². The van der Waals surface area contributed by atoms with Gasteiger partial charge in [-0.05, 0) is 19.7 Å². The minimum atomic E-state index is 0.532. The summed E-state index contributed by atoms with van der Waals surface area (Å²) in [7, 11) is 1.71. The maximum atomic E-state index is 4.40. The topological polar surface area (TPSA) is 54.9 Å². The Morgan fingerprint density at radius 3 is 2.94 bits per heavy atom. The number of rotatable bonds is 6. The zero-order chi connectivity index (χ0) is 13.4. The fourth-order valence-electron chi connectivity index (χ4n) is 1.37. The third-order valence-corrected chi connectivity index (χ3v) is 2.24. The molecular formula is C13H17N5. The predicted molar refractivity (Wildman–Crippen MR) is 77.6 cm³/mol. The maximum Gasteiger partial charge on any atom is 0.154 e. The van der Waals surface area contributed by atoms with Gasteiger partial charge in [0.15, 0.2) is 5.82 Å². The first kappa shape index (κ1) is 13.8. The molecule has 18 heavy (non-hydrogen) atoms. The van der Waals surface area contributed by atoms with Gasteiger partial charge in [0.05, 0.1) is 24.7 Å².